The van der Waals surface area contributed by atoms with Crippen molar-refractivity contribution in [2.45, 2.75) is 0 Å². The SMILES string of the molecule is O=Nc1ccccc1C(=O)CBr. The van der Waals surface area contributed by atoms with Crippen LogP contribution >= 0.6 is 15.9 Å². The fraction of sp³-hybridized carbons (Fsp3) is 0.125. The standard InChI is InChI=1S/C8H6BrNO2/c9-5-8(11)6-3-1-2-4-7(6)10-12/h1-4H,5H2. The molecule has 0 heterocycles. The third kappa shape index (κ3) is 1.76. The number of benzene rings is 1. The quantitative estimate of drug-likeness (QED) is 0.453. The van der Waals surface area contributed by atoms with Gasteiger partial charge in [0.05, 0.1) is 5.33 Å². The summed E-state index contributed by atoms with van der Waals surface area (Å²) < 4.78 is 0. The Balaban J connectivity index is 3.13. The van der Waals surface area contributed by atoms with Crippen LogP contribution < -0.4 is 0 Å². The van der Waals surface area contributed by atoms with E-state index in [4.69, 9.17) is 0 Å². The van der Waals surface area contributed by atoms with Gasteiger partial charge in [-0.15, -0.1) is 4.91 Å². The Hall–Kier alpha value is -1.03. The molecule has 0 saturated carbocycles. The Labute approximate surface area is 77.9 Å². The lowest BCUT2D eigenvalue weighted by Gasteiger charge is -1.97. The summed E-state index contributed by atoms with van der Waals surface area (Å²) in [6, 6.07) is 6.47. The molecule has 1 aromatic rings. The smallest absolute Gasteiger partial charge is 0.175 e. The van der Waals surface area contributed by atoms with Gasteiger partial charge in [-0.3, -0.25) is 4.79 Å². The molecule has 0 fully saturated rings. The molecule has 0 atom stereocenters. The van der Waals surface area contributed by atoms with Crippen LogP contribution in [0.3, 0.4) is 0 Å². The van der Waals surface area contributed by atoms with Crippen LogP contribution in [-0.2, 0) is 0 Å². The predicted octanol–water partition coefficient (Wildman–Crippen LogP) is 2.66. The fourth-order valence-corrected chi connectivity index (χ4v) is 1.16. The van der Waals surface area contributed by atoms with E-state index >= 15 is 0 Å². The molecule has 0 saturated heterocycles. The van der Waals surface area contributed by atoms with Gasteiger partial charge in [0, 0.05) is 5.56 Å². The fourth-order valence-electron chi connectivity index (χ4n) is 0.861. The summed E-state index contributed by atoms with van der Waals surface area (Å²) in [7, 11) is 0. The average molecular weight is 228 g/mol. The van der Waals surface area contributed by atoms with E-state index < -0.39 is 0 Å². The molecule has 0 aromatic heterocycles. The van der Waals surface area contributed by atoms with E-state index in [9.17, 15) is 9.70 Å². The van der Waals surface area contributed by atoms with E-state index in [2.05, 4.69) is 21.1 Å². The molecule has 0 bridgehead atoms. The van der Waals surface area contributed by atoms with Crippen molar-refractivity contribution in [3.8, 4) is 0 Å². The number of Topliss-reactive ketones (excluding diaryl/α,β-unsaturated/α-hetero) is 1. The summed E-state index contributed by atoms with van der Waals surface area (Å²) >= 11 is 3.02. The second-order valence-corrected chi connectivity index (χ2v) is 2.73. The zero-order valence-corrected chi connectivity index (χ0v) is 7.74. The number of nitroso groups, excluding NO2 is 1. The first-order valence-electron chi connectivity index (χ1n) is 3.31. The summed E-state index contributed by atoms with van der Waals surface area (Å²) in [5, 5.41) is 2.96. The highest BCUT2D eigenvalue weighted by molar-refractivity contribution is 9.09. The molecule has 0 amide bonds. The van der Waals surface area contributed by atoms with Gasteiger partial charge in [-0.05, 0) is 17.3 Å². The minimum atomic E-state index is -0.134. The molecule has 62 valence electrons. The number of rotatable bonds is 3. The normalized spacial score (nSPS) is 9.42. The van der Waals surface area contributed by atoms with E-state index in [1.807, 2.05) is 0 Å². The van der Waals surface area contributed by atoms with Crippen LogP contribution in [-0.4, -0.2) is 11.1 Å². The molecule has 12 heavy (non-hydrogen) atoms. The predicted molar refractivity (Wildman–Crippen MR) is 50.0 cm³/mol. The van der Waals surface area contributed by atoms with Crippen molar-refractivity contribution in [2.24, 2.45) is 5.18 Å². The van der Waals surface area contributed by atoms with Crippen LogP contribution in [0.25, 0.3) is 0 Å². The molecule has 0 N–H and O–H groups in total. The van der Waals surface area contributed by atoms with Crippen molar-refractivity contribution in [2.75, 3.05) is 5.33 Å². The number of halogens is 1. The maximum atomic E-state index is 11.1. The molecule has 0 aliphatic rings. The van der Waals surface area contributed by atoms with Gasteiger partial charge in [0.1, 0.15) is 5.69 Å². The van der Waals surface area contributed by atoms with Gasteiger partial charge < -0.3 is 0 Å². The molecule has 0 radical (unpaired) electrons. The Bertz CT molecular complexity index is 312. The lowest BCUT2D eigenvalue weighted by atomic mass is 10.1. The second-order valence-electron chi connectivity index (χ2n) is 2.17. The third-order valence-electron chi connectivity index (χ3n) is 1.42. The first-order valence-corrected chi connectivity index (χ1v) is 4.43. The summed E-state index contributed by atoms with van der Waals surface area (Å²) in [6.45, 7) is 0. The molecule has 0 spiro atoms. The van der Waals surface area contributed by atoms with Gasteiger partial charge in [0.2, 0.25) is 0 Å². The lowest BCUT2D eigenvalue weighted by molar-refractivity contribution is 0.102. The van der Waals surface area contributed by atoms with Crippen LogP contribution in [0, 0.1) is 4.91 Å². The molecular formula is C8H6BrNO2. The van der Waals surface area contributed by atoms with E-state index in [0.29, 0.717) is 5.56 Å². The van der Waals surface area contributed by atoms with Gasteiger partial charge in [-0.1, -0.05) is 28.1 Å². The topological polar surface area (TPSA) is 46.5 Å². The Morgan fingerprint density at radius 2 is 2.08 bits per heavy atom. The first-order chi connectivity index (χ1) is 5.79. The number of hydrogen-bond acceptors (Lipinski definition) is 3. The zero-order valence-electron chi connectivity index (χ0n) is 6.16. The maximum absolute atomic E-state index is 11.1. The van der Waals surface area contributed by atoms with Crippen LogP contribution in [0.2, 0.25) is 0 Å². The van der Waals surface area contributed by atoms with Gasteiger partial charge in [-0.25, -0.2) is 0 Å². The van der Waals surface area contributed by atoms with E-state index in [-0.39, 0.29) is 16.8 Å². The number of carbonyl (C=O) groups excluding carboxylic acids is 1. The summed E-state index contributed by atoms with van der Waals surface area (Å²) in [6.07, 6.45) is 0. The number of nitrogens with zero attached hydrogens (tertiary/aromatic N) is 1. The number of hydrogen-bond donors (Lipinski definition) is 0. The van der Waals surface area contributed by atoms with E-state index in [0.717, 1.165) is 0 Å². The van der Waals surface area contributed by atoms with Crippen molar-refractivity contribution in [1.82, 2.24) is 0 Å². The third-order valence-corrected chi connectivity index (χ3v) is 1.93. The van der Waals surface area contributed by atoms with Crippen molar-refractivity contribution >= 4 is 27.4 Å². The number of ketones is 1. The Morgan fingerprint density at radius 1 is 1.42 bits per heavy atom. The molecule has 1 aromatic carbocycles. The van der Waals surface area contributed by atoms with Crippen LogP contribution in [0.5, 0.6) is 0 Å². The van der Waals surface area contributed by atoms with Gasteiger partial charge >= 0.3 is 0 Å². The molecule has 0 aliphatic heterocycles. The minimum Gasteiger partial charge on any atom is -0.293 e. The van der Waals surface area contributed by atoms with Crippen molar-refractivity contribution in [1.29, 1.82) is 0 Å². The molecular weight excluding hydrogens is 222 g/mol. The highest BCUT2D eigenvalue weighted by Crippen LogP contribution is 2.18. The highest BCUT2D eigenvalue weighted by Gasteiger charge is 2.08. The largest absolute Gasteiger partial charge is 0.293 e. The number of alkyl halides is 1. The van der Waals surface area contributed by atoms with Crippen LogP contribution in [0.1, 0.15) is 10.4 Å². The number of carbonyl (C=O) groups is 1. The lowest BCUT2D eigenvalue weighted by Crippen LogP contribution is -1.99. The summed E-state index contributed by atoms with van der Waals surface area (Å²) in [4.78, 5) is 21.4. The molecule has 0 aliphatic carbocycles. The van der Waals surface area contributed by atoms with Gasteiger partial charge in [0.15, 0.2) is 5.78 Å². The molecule has 4 heteroatoms. The first kappa shape index (κ1) is 9.06. The molecule has 0 unspecified atom stereocenters. The maximum Gasteiger partial charge on any atom is 0.175 e. The highest BCUT2D eigenvalue weighted by atomic mass is 79.9. The van der Waals surface area contributed by atoms with E-state index in [1.165, 1.54) is 6.07 Å². The van der Waals surface area contributed by atoms with Gasteiger partial charge in [0.25, 0.3) is 0 Å². The molecule has 1 rings (SSSR count). The average Bonchev–Trinajstić information content (AvgIpc) is 2.16. The minimum absolute atomic E-state index is 0.134. The Kier molecular flexibility index (Phi) is 3.10. The van der Waals surface area contributed by atoms with E-state index in [1.54, 1.807) is 18.2 Å². The van der Waals surface area contributed by atoms with Gasteiger partial charge in [-0.2, -0.15) is 0 Å². The van der Waals surface area contributed by atoms with Crippen molar-refractivity contribution in [3.05, 3.63) is 34.7 Å². The summed E-state index contributed by atoms with van der Waals surface area (Å²) in [5.41, 5.74) is 0.561. The summed E-state index contributed by atoms with van der Waals surface area (Å²) in [5.74, 6) is -0.134. The van der Waals surface area contributed by atoms with Crippen LogP contribution in [0.15, 0.2) is 29.4 Å². The monoisotopic (exact) mass is 227 g/mol. The van der Waals surface area contributed by atoms with Crippen molar-refractivity contribution < 1.29 is 4.79 Å². The van der Waals surface area contributed by atoms with Crippen molar-refractivity contribution in [3.63, 3.8) is 0 Å². The second kappa shape index (κ2) is 4.11. The Morgan fingerprint density at radius 3 is 2.67 bits per heavy atom. The van der Waals surface area contributed by atoms with Crippen LogP contribution in [0.4, 0.5) is 5.69 Å². The molecule has 3 nitrogen and oxygen atoms in total. The zero-order chi connectivity index (χ0) is 8.97.